The molecule has 0 unspecified atom stereocenters. The summed E-state index contributed by atoms with van der Waals surface area (Å²) in [6.07, 6.45) is 3.32. The monoisotopic (exact) mass is 278 g/mol. The highest BCUT2D eigenvalue weighted by molar-refractivity contribution is 7.98. The number of hydrogen-bond donors (Lipinski definition) is 0. The summed E-state index contributed by atoms with van der Waals surface area (Å²) in [6, 6.07) is 5.19. The molecule has 0 radical (unpaired) electrons. The molecule has 0 saturated heterocycles. The second kappa shape index (κ2) is 4.22. The van der Waals surface area contributed by atoms with Crippen LogP contribution in [0, 0.1) is 0 Å². The van der Waals surface area contributed by atoms with E-state index in [2.05, 4.69) is 15.1 Å². The van der Waals surface area contributed by atoms with Gasteiger partial charge in [-0.3, -0.25) is 0 Å². The molecular formula is C11H7ClN4OS. The van der Waals surface area contributed by atoms with Crippen molar-refractivity contribution in [1.29, 1.82) is 0 Å². The van der Waals surface area contributed by atoms with Crippen molar-refractivity contribution >= 4 is 39.8 Å². The van der Waals surface area contributed by atoms with Crippen LogP contribution in [0.25, 0.3) is 16.4 Å². The van der Waals surface area contributed by atoms with Crippen LogP contribution in [0.3, 0.4) is 0 Å². The molecule has 5 nitrogen and oxygen atoms in total. The van der Waals surface area contributed by atoms with Crippen LogP contribution in [0.4, 0.5) is 0 Å². The van der Waals surface area contributed by atoms with Crippen LogP contribution in [0.2, 0.25) is 5.02 Å². The van der Waals surface area contributed by atoms with Crippen LogP contribution in [0.5, 0.6) is 5.88 Å². The number of nitrogens with zero attached hydrogens (tertiary/aromatic N) is 4. The Hall–Kier alpha value is -1.66. The third-order valence-electron chi connectivity index (χ3n) is 2.52. The first-order valence-corrected chi connectivity index (χ1v) is 6.68. The molecule has 0 atom stereocenters. The summed E-state index contributed by atoms with van der Waals surface area (Å²) in [4.78, 5) is 8.14. The van der Waals surface area contributed by atoms with Crippen molar-refractivity contribution in [1.82, 2.24) is 15.1 Å². The summed E-state index contributed by atoms with van der Waals surface area (Å²) in [5.41, 5.74) is 1.08. The van der Waals surface area contributed by atoms with E-state index in [0.29, 0.717) is 26.6 Å². The van der Waals surface area contributed by atoms with E-state index in [-0.39, 0.29) is 5.88 Å². The smallest absolute Gasteiger partial charge is 0.312 e. The number of benzene rings is 1. The first-order chi connectivity index (χ1) is 8.69. The van der Waals surface area contributed by atoms with E-state index in [4.69, 9.17) is 11.6 Å². The summed E-state index contributed by atoms with van der Waals surface area (Å²) < 4.78 is 1.44. The van der Waals surface area contributed by atoms with E-state index in [9.17, 15) is 5.11 Å². The summed E-state index contributed by atoms with van der Waals surface area (Å²) in [5, 5.41) is 17.8. The predicted molar refractivity (Wildman–Crippen MR) is 66.7 cm³/mol. The first-order valence-electron chi connectivity index (χ1n) is 5.08. The Bertz CT molecular complexity index is 765. The summed E-state index contributed by atoms with van der Waals surface area (Å²) in [7, 11) is 0. The van der Waals surface area contributed by atoms with Crippen molar-refractivity contribution < 1.29 is 9.62 Å². The molecular weight excluding hydrogens is 272 g/mol. The van der Waals surface area contributed by atoms with Gasteiger partial charge in [-0.1, -0.05) is 33.0 Å². The average Bonchev–Trinajstić information content (AvgIpc) is 2.37. The van der Waals surface area contributed by atoms with Crippen molar-refractivity contribution in [3.05, 3.63) is 29.5 Å². The fourth-order valence-corrected chi connectivity index (χ4v) is 2.25. The number of aromatic nitrogens is 4. The van der Waals surface area contributed by atoms with Crippen molar-refractivity contribution in [3.8, 4) is 5.88 Å². The van der Waals surface area contributed by atoms with E-state index < -0.39 is 0 Å². The molecule has 0 spiro atoms. The molecule has 0 saturated carbocycles. The van der Waals surface area contributed by atoms with Crippen molar-refractivity contribution in [2.45, 2.75) is 5.16 Å². The minimum atomic E-state index is -0.330. The number of rotatable bonds is 1. The zero-order valence-corrected chi connectivity index (χ0v) is 10.9. The Morgan fingerprint density at radius 3 is 3.00 bits per heavy atom. The highest BCUT2D eigenvalue weighted by atomic mass is 35.5. The third kappa shape index (κ3) is 1.74. The van der Waals surface area contributed by atoms with E-state index in [1.54, 1.807) is 18.2 Å². The second-order valence-electron chi connectivity index (χ2n) is 3.60. The van der Waals surface area contributed by atoms with Crippen LogP contribution in [-0.2, 0) is 0 Å². The lowest BCUT2D eigenvalue weighted by Gasteiger charge is -2.07. The molecule has 3 aromatic rings. The average molecular weight is 279 g/mol. The van der Waals surface area contributed by atoms with Crippen molar-refractivity contribution in [2.24, 2.45) is 0 Å². The second-order valence-corrected chi connectivity index (χ2v) is 4.81. The van der Waals surface area contributed by atoms with Gasteiger partial charge in [-0.25, -0.2) is 4.98 Å². The molecule has 18 heavy (non-hydrogen) atoms. The van der Waals surface area contributed by atoms with E-state index >= 15 is 0 Å². The van der Waals surface area contributed by atoms with Crippen molar-refractivity contribution in [3.63, 3.8) is 0 Å². The van der Waals surface area contributed by atoms with Crippen LogP contribution in [-0.4, -0.2) is 21.3 Å². The van der Waals surface area contributed by atoms with Gasteiger partial charge in [0.05, 0.1) is 5.39 Å². The Balaban J connectivity index is 2.49. The molecule has 0 fully saturated rings. The van der Waals surface area contributed by atoms with E-state index in [1.165, 1.54) is 22.6 Å². The Labute approximate surface area is 111 Å². The fourth-order valence-electron chi connectivity index (χ4n) is 1.74. The molecule has 90 valence electrons. The third-order valence-corrected chi connectivity index (χ3v) is 3.30. The first kappa shape index (κ1) is 11.4. The summed E-state index contributed by atoms with van der Waals surface area (Å²) >= 11 is 7.26. The van der Waals surface area contributed by atoms with Gasteiger partial charge in [0.25, 0.3) is 0 Å². The van der Waals surface area contributed by atoms with Gasteiger partial charge in [-0.05, 0) is 29.4 Å². The summed E-state index contributed by atoms with van der Waals surface area (Å²) in [5.74, 6) is -0.330. The minimum absolute atomic E-state index is 0.330. The predicted octanol–water partition coefficient (Wildman–Crippen LogP) is 1.21. The van der Waals surface area contributed by atoms with E-state index in [0.717, 1.165) is 0 Å². The number of hydrogen-bond acceptors (Lipinski definition) is 5. The van der Waals surface area contributed by atoms with Gasteiger partial charge in [0, 0.05) is 10.9 Å². The summed E-state index contributed by atoms with van der Waals surface area (Å²) in [6.45, 7) is 0. The highest BCUT2D eigenvalue weighted by Crippen LogP contribution is 2.23. The van der Waals surface area contributed by atoms with Crippen LogP contribution < -0.4 is 9.62 Å². The maximum absolute atomic E-state index is 12.0. The maximum atomic E-state index is 12.0. The van der Waals surface area contributed by atoms with Crippen molar-refractivity contribution in [2.75, 3.05) is 6.26 Å². The highest BCUT2D eigenvalue weighted by Gasteiger charge is 2.13. The van der Waals surface area contributed by atoms with Gasteiger partial charge >= 0.3 is 6.33 Å². The normalized spacial score (nSPS) is 11.2. The Morgan fingerprint density at radius 2 is 2.22 bits per heavy atom. The number of halogens is 1. The van der Waals surface area contributed by atoms with Gasteiger partial charge in [0.1, 0.15) is 0 Å². The van der Waals surface area contributed by atoms with E-state index in [1.807, 2.05) is 6.26 Å². The molecule has 2 aromatic heterocycles. The molecule has 0 aliphatic heterocycles. The fraction of sp³-hybridized carbons (Fsp3) is 0.0909. The molecule has 0 aliphatic carbocycles. The van der Waals surface area contributed by atoms with Gasteiger partial charge in [0.15, 0.2) is 11.0 Å². The SMILES string of the molecule is CSc1nc([O-])c2c3cc(Cl)ccc3nc[n+]2n1. The Kier molecular flexibility index (Phi) is 2.68. The van der Waals surface area contributed by atoms with Crippen LogP contribution >= 0.6 is 23.4 Å². The molecule has 3 rings (SSSR count). The topological polar surface area (TPSA) is 65.8 Å². The van der Waals surface area contributed by atoms with Gasteiger partial charge in [-0.2, -0.15) is 0 Å². The molecule has 0 aliphatic rings. The molecule has 1 aromatic carbocycles. The lowest BCUT2D eigenvalue weighted by atomic mass is 10.2. The lowest BCUT2D eigenvalue weighted by Crippen LogP contribution is -2.30. The molecule has 0 N–H and O–H groups in total. The van der Waals surface area contributed by atoms with Crippen LogP contribution in [0.1, 0.15) is 0 Å². The Morgan fingerprint density at radius 1 is 1.39 bits per heavy atom. The minimum Gasteiger partial charge on any atom is -0.856 e. The number of fused-ring (bicyclic) bond motifs is 3. The van der Waals surface area contributed by atoms with Gasteiger partial charge < -0.3 is 5.11 Å². The van der Waals surface area contributed by atoms with Crippen LogP contribution in [0.15, 0.2) is 29.7 Å². The number of thioether (sulfide) groups is 1. The molecule has 2 heterocycles. The van der Waals surface area contributed by atoms with Gasteiger partial charge in [-0.15, -0.1) is 0 Å². The molecule has 0 amide bonds. The maximum Gasteiger partial charge on any atom is 0.312 e. The largest absolute Gasteiger partial charge is 0.856 e. The lowest BCUT2D eigenvalue weighted by molar-refractivity contribution is -0.591. The van der Waals surface area contributed by atoms with Gasteiger partial charge in [0.2, 0.25) is 5.16 Å². The zero-order valence-electron chi connectivity index (χ0n) is 9.29. The molecule has 0 bridgehead atoms. The quantitative estimate of drug-likeness (QED) is 0.380. The zero-order chi connectivity index (χ0) is 12.7. The standard InChI is InChI=1S/C11H7ClN4OS/c1-18-11-14-10(17)9-7-4-6(12)2-3-8(7)13-5-16(9)15-11/h2-5H,1H3. The molecule has 7 heteroatoms.